The summed E-state index contributed by atoms with van der Waals surface area (Å²) < 4.78 is 39.8. The lowest BCUT2D eigenvalue weighted by Gasteiger charge is -2.36. The minimum absolute atomic E-state index is 0.0378. The zero-order valence-electron chi connectivity index (χ0n) is 19.4. The van der Waals surface area contributed by atoms with Gasteiger partial charge >= 0.3 is 0 Å². The van der Waals surface area contributed by atoms with E-state index in [1.165, 1.54) is 17.7 Å². The summed E-state index contributed by atoms with van der Waals surface area (Å²) in [5.74, 6) is 0.694. The van der Waals surface area contributed by atoms with Crippen molar-refractivity contribution in [2.24, 2.45) is 0 Å². The summed E-state index contributed by atoms with van der Waals surface area (Å²) in [5.41, 5.74) is 2.90. The first-order valence-corrected chi connectivity index (χ1v) is 13.0. The molecule has 8 nitrogen and oxygen atoms in total. The number of carbonyl (C=O) groups excluding carboxylic acids is 1. The van der Waals surface area contributed by atoms with Gasteiger partial charge in [-0.05, 0) is 48.9 Å². The Morgan fingerprint density at radius 1 is 0.857 bits per heavy atom. The van der Waals surface area contributed by atoms with Crippen molar-refractivity contribution in [3.63, 3.8) is 0 Å². The molecule has 3 aromatic carbocycles. The Balaban J connectivity index is 1.31. The van der Waals surface area contributed by atoms with Gasteiger partial charge in [0.25, 0.3) is 15.9 Å². The second-order valence-electron chi connectivity index (χ2n) is 8.57. The van der Waals surface area contributed by atoms with Crippen molar-refractivity contribution < 1.29 is 22.7 Å². The highest BCUT2D eigenvalue weighted by atomic mass is 32.2. The van der Waals surface area contributed by atoms with Gasteiger partial charge in [-0.25, -0.2) is 8.42 Å². The SMILES string of the molecule is Cc1cccc(N2CCN(C(=O)c3ccccc3NS(=O)(=O)c3ccc4c(c3)OCCO4)CC2)c1. The minimum Gasteiger partial charge on any atom is -0.486 e. The Hall–Kier alpha value is -3.72. The summed E-state index contributed by atoms with van der Waals surface area (Å²) in [4.78, 5) is 17.4. The molecule has 2 aliphatic rings. The number of sulfonamides is 1. The van der Waals surface area contributed by atoms with E-state index in [2.05, 4.69) is 34.7 Å². The zero-order chi connectivity index (χ0) is 24.4. The lowest BCUT2D eigenvalue weighted by atomic mass is 10.1. The number of benzene rings is 3. The fourth-order valence-electron chi connectivity index (χ4n) is 4.32. The fourth-order valence-corrected chi connectivity index (χ4v) is 5.41. The van der Waals surface area contributed by atoms with Crippen molar-refractivity contribution in [1.82, 2.24) is 4.90 Å². The number of hydrogen-bond donors (Lipinski definition) is 1. The Morgan fingerprint density at radius 3 is 2.37 bits per heavy atom. The number of carbonyl (C=O) groups is 1. The number of nitrogens with zero attached hydrogens (tertiary/aromatic N) is 2. The fraction of sp³-hybridized carbons (Fsp3) is 0.269. The van der Waals surface area contributed by atoms with Gasteiger partial charge in [0.15, 0.2) is 11.5 Å². The highest BCUT2D eigenvalue weighted by Gasteiger charge is 2.26. The van der Waals surface area contributed by atoms with Crippen molar-refractivity contribution in [1.29, 1.82) is 0 Å². The molecule has 0 bridgehead atoms. The standard InChI is InChI=1S/C26H27N3O5S/c1-19-5-4-6-20(17-19)28-11-13-29(14-12-28)26(30)22-7-2-3-8-23(22)27-35(31,32)21-9-10-24-25(18-21)34-16-15-33-24/h2-10,17-18,27H,11-16H2,1H3. The smallest absolute Gasteiger partial charge is 0.262 e. The molecular formula is C26H27N3O5S. The van der Waals surface area contributed by atoms with E-state index >= 15 is 0 Å². The summed E-state index contributed by atoms with van der Waals surface area (Å²) in [6.07, 6.45) is 0. The van der Waals surface area contributed by atoms with Crippen LogP contribution >= 0.6 is 0 Å². The van der Waals surface area contributed by atoms with Crippen LogP contribution in [-0.4, -0.2) is 58.6 Å². The van der Waals surface area contributed by atoms with Crippen molar-refractivity contribution in [3.8, 4) is 11.5 Å². The van der Waals surface area contributed by atoms with Crippen molar-refractivity contribution in [2.45, 2.75) is 11.8 Å². The second-order valence-corrected chi connectivity index (χ2v) is 10.3. The Bertz CT molecular complexity index is 1350. The lowest BCUT2D eigenvalue weighted by Crippen LogP contribution is -2.49. The van der Waals surface area contributed by atoms with E-state index in [1.54, 1.807) is 35.2 Å². The molecule has 0 spiro atoms. The molecule has 0 atom stereocenters. The Kier molecular flexibility index (Phi) is 6.25. The molecule has 182 valence electrons. The van der Waals surface area contributed by atoms with Crippen LogP contribution in [0, 0.1) is 6.92 Å². The quantitative estimate of drug-likeness (QED) is 0.585. The molecule has 2 aliphatic heterocycles. The summed E-state index contributed by atoms with van der Waals surface area (Å²) in [7, 11) is -3.95. The largest absolute Gasteiger partial charge is 0.486 e. The van der Waals surface area contributed by atoms with Crippen LogP contribution < -0.4 is 19.1 Å². The maximum atomic E-state index is 13.4. The normalized spacial score (nSPS) is 15.6. The number of anilines is 2. The molecule has 0 radical (unpaired) electrons. The predicted molar refractivity (Wildman–Crippen MR) is 134 cm³/mol. The van der Waals surface area contributed by atoms with Crippen LogP contribution in [0.15, 0.2) is 71.6 Å². The molecule has 1 amide bonds. The van der Waals surface area contributed by atoms with Crippen LogP contribution in [0.1, 0.15) is 15.9 Å². The third-order valence-corrected chi connectivity index (χ3v) is 7.52. The van der Waals surface area contributed by atoms with Gasteiger partial charge < -0.3 is 19.3 Å². The average Bonchev–Trinajstić information content (AvgIpc) is 2.88. The van der Waals surface area contributed by atoms with Crippen molar-refractivity contribution in [2.75, 3.05) is 49.0 Å². The summed E-state index contributed by atoms with van der Waals surface area (Å²) >= 11 is 0. The first-order chi connectivity index (χ1) is 16.9. The zero-order valence-corrected chi connectivity index (χ0v) is 20.3. The van der Waals surface area contributed by atoms with Gasteiger partial charge in [-0.1, -0.05) is 24.3 Å². The van der Waals surface area contributed by atoms with Gasteiger partial charge in [0.1, 0.15) is 13.2 Å². The summed E-state index contributed by atoms with van der Waals surface area (Å²) in [5, 5.41) is 0. The number of rotatable bonds is 5. The summed E-state index contributed by atoms with van der Waals surface area (Å²) in [6, 6.07) is 19.5. The van der Waals surface area contributed by atoms with E-state index in [4.69, 9.17) is 9.47 Å². The maximum absolute atomic E-state index is 13.4. The molecule has 1 N–H and O–H groups in total. The van der Waals surface area contributed by atoms with Gasteiger partial charge in [0, 0.05) is 37.9 Å². The number of nitrogens with one attached hydrogen (secondary N) is 1. The lowest BCUT2D eigenvalue weighted by molar-refractivity contribution is 0.0748. The number of ether oxygens (including phenoxy) is 2. The van der Waals surface area contributed by atoms with Gasteiger partial charge in [0.05, 0.1) is 16.1 Å². The monoisotopic (exact) mass is 493 g/mol. The molecule has 0 unspecified atom stereocenters. The van der Waals surface area contributed by atoms with Gasteiger partial charge in [-0.2, -0.15) is 0 Å². The Labute approximate surface area is 205 Å². The molecule has 1 saturated heterocycles. The predicted octanol–water partition coefficient (Wildman–Crippen LogP) is 3.53. The van der Waals surface area contributed by atoms with Crippen LogP contribution in [-0.2, 0) is 10.0 Å². The topological polar surface area (TPSA) is 88.2 Å². The molecule has 9 heteroatoms. The van der Waals surface area contributed by atoms with E-state index in [0.717, 1.165) is 5.69 Å². The van der Waals surface area contributed by atoms with Crippen molar-refractivity contribution in [3.05, 3.63) is 77.9 Å². The van der Waals surface area contributed by atoms with E-state index < -0.39 is 10.0 Å². The number of hydrogen-bond acceptors (Lipinski definition) is 6. The average molecular weight is 494 g/mol. The van der Waals surface area contributed by atoms with E-state index in [9.17, 15) is 13.2 Å². The molecule has 35 heavy (non-hydrogen) atoms. The van der Waals surface area contributed by atoms with Crippen LogP contribution in [0.2, 0.25) is 0 Å². The maximum Gasteiger partial charge on any atom is 0.262 e. The number of piperazine rings is 1. The molecule has 3 aromatic rings. The second kappa shape index (κ2) is 9.50. The van der Waals surface area contributed by atoms with Crippen LogP contribution in [0.4, 0.5) is 11.4 Å². The molecule has 0 saturated carbocycles. The van der Waals surface area contributed by atoms with Crippen LogP contribution in [0.5, 0.6) is 11.5 Å². The highest BCUT2D eigenvalue weighted by Crippen LogP contribution is 2.33. The van der Waals surface area contributed by atoms with E-state index in [1.807, 2.05) is 6.07 Å². The number of amides is 1. The van der Waals surface area contributed by atoms with E-state index in [-0.39, 0.29) is 16.5 Å². The molecule has 2 heterocycles. The number of para-hydroxylation sites is 1. The third-order valence-electron chi connectivity index (χ3n) is 6.16. The molecule has 0 aromatic heterocycles. The molecule has 5 rings (SSSR count). The van der Waals surface area contributed by atoms with Gasteiger partial charge in [-0.15, -0.1) is 0 Å². The summed E-state index contributed by atoms with van der Waals surface area (Å²) in [6.45, 7) is 5.36. The van der Waals surface area contributed by atoms with Gasteiger partial charge in [0.2, 0.25) is 0 Å². The molecular weight excluding hydrogens is 466 g/mol. The first-order valence-electron chi connectivity index (χ1n) is 11.5. The van der Waals surface area contributed by atoms with Gasteiger partial charge in [-0.3, -0.25) is 9.52 Å². The molecule has 1 fully saturated rings. The molecule has 0 aliphatic carbocycles. The van der Waals surface area contributed by atoms with Crippen LogP contribution in [0.3, 0.4) is 0 Å². The van der Waals surface area contributed by atoms with Crippen molar-refractivity contribution >= 4 is 27.3 Å². The minimum atomic E-state index is -3.95. The number of fused-ring (bicyclic) bond motifs is 1. The third kappa shape index (κ3) is 4.90. The van der Waals surface area contributed by atoms with E-state index in [0.29, 0.717) is 56.5 Å². The Morgan fingerprint density at radius 2 is 1.60 bits per heavy atom. The van der Waals surface area contributed by atoms with Crippen LogP contribution in [0.25, 0.3) is 0 Å². The number of aryl methyl sites for hydroxylation is 1. The highest BCUT2D eigenvalue weighted by molar-refractivity contribution is 7.92. The first kappa shape index (κ1) is 23.0.